The summed E-state index contributed by atoms with van der Waals surface area (Å²) in [5.41, 5.74) is 7.15. The van der Waals surface area contributed by atoms with E-state index in [4.69, 9.17) is 5.73 Å². The maximum absolute atomic E-state index is 6.42. The standard InChI is InChI=1S/C13H14BrNS/c1-9-3-8-12(16-9)13(2,15)10-4-6-11(14)7-5-10/h3-8H,15H2,1-2H3. The van der Waals surface area contributed by atoms with Crippen LogP contribution in [0.15, 0.2) is 40.9 Å². The quantitative estimate of drug-likeness (QED) is 0.889. The van der Waals surface area contributed by atoms with Gasteiger partial charge in [-0.1, -0.05) is 28.1 Å². The number of benzene rings is 1. The summed E-state index contributed by atoms with van der Waals surface area (Å²) >= 11 is 5.19. The minimum Gasteiger partial charge on any atom is -0.317 e. The number of hydrogen-bond donors (Lipinski definition) is 1. The zero-order valence-electron chi connectivity index (χ0n) is 9.33. The van der Waals surface area contributed by atoms with E-state index >= 15 is 0 Å². The first-order valence-corrected chi connectivity index (χ1v) is 6.73. The molecule has 0 fully saturated rings. The van der Waals surface area contributed by atoms with Crippen molar-refractivity contribution in [3.63, 3.8) is 0 Å². The average Bonchev–Trinajstić information content (AvgIpc) is 2.66. The van der Waals surface area contributed by atoms with Gasteiger partial charge in [0.05, 0.1) is 5.54 Å². The highest BCUT2D eigenvalue weighted by Gasteiger charge is 2.24. The van der Waals surface area contributed by atoms with Gasteiger partial charge in [0.2, 0.25) is 0 Å². The van der Waals surface area contributed by atoms with Crippen LogP contribution in [0.25, 0.3) is 0 Å². The minimum atomic E-state index is -0.403. The summed E-state index contributed by atoms with van der Waals surface area (Å²) in [5.74, 6) is 0. The van der Waals surface area contributed by atoms with Crippen molar-refractivity contribution in [3.05, 3.63) is 56.2 Å². The average molecular weight is 296 g/mol. The molecule has 0 aliphatic heterocycles. The van der Waals surface area contributed by atoms with E-state index in [0.29, 0.717) is 0 Å². The Bertz CT molecular complexity index is 485. The van der Waals surface area contributed by atoms with Crippen LogP contribution >= 0.6 is 27.3 Å². The summed E-state index contributed by atoms with van der Waals surface area (Å²) in [5, 5.41) is 0. The molecular formula is C13H14BrNS. The summed E-state index contributed by atoms with van der Waals surface area (Å²) < 4.78 is 1.08. The molecule has 16 heavy (non-hydrogen) atoms. The van der Waals surface area contributed by atoms with Crippen LogP contribution in [0.1, 0.15) is 22.2 Å². The molecule has 0 saturated carbocycles. The van der Waals surface area contributed by atoms with Gasteiger partial charge < -0.3 is 5.73 Å². The third-order valence-electron chi connectivity index (χ3n) is 2.70. The largest absolute Gasteiger partial charge is 0.317 e. The summed E-state index contributed by atoms with van der Waals surface area (Å²) in [6.07, 6.45) is 0. The van der Waals surface area contributed by atoms with E-state index in [1.54, 1.807) is 11.3 Å². The van der Waals surface area contributed by atoms with Gasteiger partial charge in [0.1, 0.15) is 0 Å². The molecule has 2 rings (SSSR count). The van der Waals surface area contributed by atoms with Crippen LogP contribution in [-0.4, -0.2) is 0 Å². The number of hydrogen-bond acceptors (Lipinski definition) is 2. The molecule has 3 heteroatoms. The van der Waals surface area contributed by atoms with Crippen molar-refractivity contribution < 1.29 is 0 Å². The first-order chi connectivity index (χ1) is 7.50. The van der Waals surface area contributed by atoms with Crippen molar-refractivity contribution in [2.75, 3.05) is 0 Å². The Kier molecular flexibility index (Phi) is 3.19. The van der Waals surface area contributed by atoms with Gasteiger partial charge in [-0.25, -0.2) is 0 Å². The van der Waals surface area contributed by atoms with Crippen LogP contribution in [0, 0.1) is 6.92 Å². The summed E-state index contributed by atoms with van der Waals surface area (Å²) in [6, 6.07) is 12.4. The predicted molar refractivity (Wildman–Crippen MR) is 73.8 cm³/mol. The zero-order chi connectivity index (χ0) is 11.8. The first-order valence-electron chi connectivity index (χ1n) is 5.12. The van der Waals surface area contributed by atoms with Crippen molar-refractivity contribution >= 4 is 27.3 Å². The topological polar surface area (TPSA) is 26.0 Å². The van der Waals surface area contributed by atoms with Crippen LogP contribution in [0.4, 0.5) is 0 Å². The van der Waals surface area contributed by atoms with Crippen molar-refractivity contribution in [3.8, 4) is 0 Å². The first kappa shape index (κ1) is 11.8. The summed E-state index contributed by atoms with van der Waals surface area (Å²) in [6.45, 7) is 4.16. The molecule has 2 aromatic rings. The number of aryl methyl sites for hydroxylation is 1. The highest BCUT2D eigenvalue weighted by molar-refractivity contribution is 9.10. The summed E-state index contributed by atoms with van der Waals surface area (Å²) in [4.78, 5) is 2.50. The van der Waals surface area contributed by atoms with Crippen molar-refractivity contribution in [1.29, 1.82) is 0 Å². The lowest BCUT2D eigenvalue weighted by Gasteiger charge is -2.24. The van der Waals surface area contributed by atoms with Crippen LogP contribution in [0.3, 0.4) is 0 Å². The highest BCUT2D eigenvalue weighted by atomic mass is 79.9. The lowest BCUT2D eigenvalue weighted by atomic mass is 9.92. The highest BCUT2D eigenvalue weighted by Crippen LogP contribution is 2.32. The Morgan fingerprint density at radius 2 is 1.75 bits per heavy atom. The maximum Gasteiger partial charge on any atom is 0.0730 e. The van der Waals surface area contributed by atoms with E-state index in [1.807, 2.05) is 12.1 Å². The molecule has 0 radical (unpaired) electrons. The molecular weight excluding hydrogens is 282 g/mol. The molecule has 0 aliphatic carbocycles. The third kappa shape index (κ3) is 2.21. The maximum atomic E-state index is 6.42. The fourth-order valence-electron chi connectivity index (χ4n) is 1.65. The van der Waals surface area contributed by atoms with E-state index in [2.05, 4.69) is 54.0 Å². The number of nitrogens with two attached hydrogens (primary N) is 1. The Morgan fingerprint density at radius 3 is 2.25 bits per heavy atom. The fourth-order valence-corrected chi connectivity index (χ4v) is 2.87. The van der Waals surface area contributed by atoms with Crippen LogP contribution in [-0.2, 0) is 5.54 Å². The van der Waals surface area contributed by atoms with Gasteiger partial charge in [-0.2, -0.15) is 0 Å². The molecule has 2 N–H and O–H groups in total. The number of halogens is 1. The van der Waals surface area contributed by atoms with Gasteiger partial charge in [0.25, 0.3) is 0 Å². The second-order valence-electron chi connectivity index (χ2n) is 4.12. The Labute approximate surface area is 108 Å². The zero-order valence-corrected chi connectivity index (χ0v) is 11.7. The van der Waals surface area contributed by atoms with Crippen LogP contribution in [0.2, 0.25) is 0 Å². The van der Waals surface area contributed by atoms with Crippen molar-refractivity contribution in [1.82, 2.24) is 0 Å². The van der Waals surface area contributed by atoms with Crippen molar-refractivity contribution in [2.24, 2.45) is 5.73 Å². The Morgan fingerprint density at radius 1 is 1.12 bits per heavy atom. The molecule has 1 nitrogen and oxygen atoms in total. The van der Waals surface area contributed by atoms with Crippen LogP contribution in [0.5, 0.6) is 0 Å². The molecule has 1 aromatic heterocycles. The van der Waals surface area contributed by atoms with Gasteiger partial charge in [-0.05, 0) is 43.7 Å². The molecule has 1 aromatic carbocycles. The fraction of sp³-hybridized carbons (Fsp3) is 0.231. The van der Waals surface area contributed by atoms with E-state index in [9.17, 15) is 0 Å². The SMILES string of the molecule is Cc1ccc(C(C)(N)c2ccc(Br)cc2)s1. The van der Waals surface area contributed by atoms with Gasteiger partial charge in [-0.3, -0.25) is 0 Å². The molecule has 1 atom stereocenters. The minimum absolute atomic E-state index is 0.403. The Hall–Kier alpha value is -0.640. The monoisotopic (exact) mass is 295 g/mol. The van der Waals surface area contributed by atoms with E-state index in [0.717, 1.165) is 10.0 Å². The van der Waals surface area contributed by atoms with Gasteiger partial charge in [-0.15, -0.1) is 11.3 Å². The number of thiophene rings is 1. The van der Waals surface area contributed by atoms with E-state index in [1.165, 1.54) is 9.75 Å². The molecule has 84 valence electrons. The molecule has 0 aliphatic rings. The smallest absolute Gasteiger partial charge is 0.0730 e. The second-order valence-corrected chi connectivity index (χ2v) is 6.32. The molecule has 0 bridgehead atoms. The molecule has 1 heterocycles. The van der Waals surface area contributed by atoms with Gasteiger partial charge in [0.15, 0.2) is 0 Å². The lowest BCUT2D eigenvalue weighted by Crippen LogP contribution is -2.33. The summed E-state index contributed by atoms with van der Waals surface area (Å²) in [7, 11) is 0. The second kappa shape index (κ2) is 4.32. The van der Waals surface area contributed by atoms with Crippen LogP contribution < -0.4 is 5.73 Å². The Balaban J connectivity index is 2.42. The predicted octanol–water partition coefficient (Wildman–Crippen LogP) is 4.04. The van der Waals surface area contributed by atoms with Crippen molar-refractivity contribution in [2.45, 2.75) is 19.4 Å². The van der Waals surface area contributed by atoms with E-state index in [-0.39, 0.29) is 0 Å². The molecule has 0 spiro atoms. The molecule has 0 saturated heterocycles. The number of rotatable bonds is 2. The lowest BCUT2D eigenvalue weighted by molar-refractivity contribution is 0.616. The van der Waals surface area contributed by atoms with Gasteiger partial charge >= 0.3 is 0 Å². The third-order valence-corrected chi connectivity index (χ3v) is 4.46. The van der Waals surface area contributed by atoms with E-state index < -0.39 is 5.54 Å². The van der Waals surface area contributed by atoms with Gasteiger partial charge in [0, 0.05) is 14.2 Å². The molecule has 1 unspecified atom stereocenters. The molecule has 0 amide bonds. The normalized spacial score (nSPS) is 14.8.